The molecular weight excluding hydrogens is 172 g/mol. The summed E-state index contributed by atoms with van der Waals surface area (Å²) < 4.78 is 0. The zero-order chi connectivity index (χ0) is 10.6. The van der Waals surface area contributed by atoms with E-state index in [0.717, 1.165) is 5.56 Å². The molecule has 0 aromatic heterocycles. The SMILES string of the molecule is C=Cc1ccc(C(C)CC(C)=O)cc1. The fraction of sp³-hybridized carbons (Fsp3) is 0.308. The Morgan fingerprint density at radius 3 is 2.43 bits per heavy atom. The molecule has 0 aliphatic heterocycles. The van der Waals surface area contributed by atoms with E-state index in [9.17, 15) is 4.79 Å². The van der Waals surface area contributed by atoms with Crippen molar-refractivity contribution in [1.82, 2.24) is 0 Å². The number of rotatable bonds is 4. The smallest absolute Gasteiger partial charge is 0.130 e. The average molecular weight is 188 g/mol. The Morgan fingerprint density at radius 1 is 1.43 bits per heavy atom. The molecule has 0 heterocycles. The first-order chi connectivity index (χ1) is 6.63. The Kier molecular flexibility index (Phi) is 3.63. The van der Waals surface area contributed by atoms with Crippen molar-refractivity contribution in [2.45, 2.75) is 26.2 Å². The molecule has 1 unspecified atom stereocenters. The van der Waals surface area contributed by atoms with Gasteiger partial charge >= 0.3 is 0 Å². The Labute approximate surface area is 85.5 Å². The molecule has 1 rings (SSSR count). The van der Waals surface area contributed by atoms with Gasteiger partial charge in [-0.2, -0.15) is 0 Å². The molecule has 0 saturated heterocycles. The van der Waals surface area contributed by atoms with E-state index in [1.807, 2.05) is 18.2 Å². The Bertz CT molecular complexity index is 322. The van der Waals surface area contributed by atoms with Gasteiger partial charge in [0.05, 0.1) is 0 Å². The maximum Gasteiger partial charge on any atom is 0.130 e. The predicted molar refractivity (Wildman–Crippen MR) is 60.2 cm³/mol. The number of Topliss-reactive ketones (excluding diaryl/α,β-unsaturated/α-hetero) is 1. The molecule has 1 heteroatoms. The maximum absolute atomic E-state index is 10.9. The van der Waals surface area contributed by atoms with Crippen molar-refractivity contribution in [3.63, 3.8) is 0 Å². The van der Waals surface area contributed by atoms with Crippen LogP contribution in [0, 0.1) is 0 Å². The summed E-state index contributed by atoms with van der Waals surface area (Å²) in [5, 5.41) is 0. The highest BCUT2D eigenvalue weighted by molar-refractivity contribution is 5.76. The molecule has 0 aliphatic carbocycles. The van der Waals surface area contributed by atoms with Crippen LogP contribution in [0.4, 0.5) is 0 Å². The van der Waals surface area contributed by atoms with Gasteiger partial charge in [0, 0.05) is 6.42 Å². The largest absolute Gasteiger partial charge is 0.300 e. The first kappa shape index (κ1) is 10.7. The lowest BCUT2D eigenvalue weighted by atomic mass is 9.95. The molecule has 1 aromatic carbocycles. The molecule has 0 radical (unpaired) electrons. The van der Waals surface area contributed by atoms with Crippen molar-refractivity contribution in [1.29, 1.82) is 0 Å². The second-order valence-electron chi connectivity index (χ2n) is 3.68. The normalized spacial score (nSPS) is 12.1. The lowest BCUT2D eigenvalue weighted by Gasteiger charge is -2.09. The lowest BCUT2D eigenvalue weighted by molar-refractivity contribution is -0.117. The first-order valence-corrected chi connectivity index (χ1v) is 4.85. The minimum absolute atomic E-state index is 0.241. The molecule has 0 N–H and O–H groups in total. The third-order valence-electron chi connectivity index (χ3n) is 2.33. The van der Waals surface area contributed by atoms with Crippen molar-refractivity contribution >= 4 is 11.9 Å². The summed E-state index contributed by atoms with van der Waals surface area (Å²) in [5.41, 5.74) is 2.33. The van der Waals surface area contributed by atoms with Crippen LogP contribution in [-0.4, -0.2) is 5.78 Å². The third-order valence-corrected chi connectivity index (χ3v) is 2.33. The fourth-order valence-electron chi connectivity index (χ4n) is 1.51. The van der Waals surface area contributed by atoms with Crippen molar-refractivity contribution < 1.29 is 4.79 Å². The average Bonchev–Trinajstić information content (AvgIpc) is 2.17. The summed E-state index contributed by atoms with van der Waals surface area (Å²) in [6, 6.07) is 8.17. The van der Waals surface area contributed by atoms with E-state index in [0.29, 0.717) is 12.3 Å². The van der Waals surface area contributed by atoms with E-state index in [2.05, 4.69) is 25.6 Å². The molecular formula is C13H16O. The van der Waals surface area contributed by atoms with E-state index < -0.39 is 0 Å². The summed E-state index contributed by atoms with van der Waals surface area (Å²) in [5.74, 6) is 0.552. The van der Waals surface area contributed by atoms with E-state index >= 15 is 0 Å². The van der Waals surface area contributed by atoms with Gasteiger partial charge in [-0.1, -0.05) is 43.8 Å². The molecule has 0 aliphatic rings. The van der Waals surface area contributed by atoms with Crippen molar-refractivity contribution in [2.75, 3.05) is 0 Å². The second-order valence-corrected chi connectivity index (χ2v) is 3.68. The van der Waals surface area contributed by atoms with Gasteiger partial charge < -0.3 is 4.79 Å². The summed E-state index contributed by atoms with van der Waals surface area (Å²) in [7, 11) is 0. The third kappa shape index (κ3) is 2.84. The number of carbonyl (C=O) groups is 1. The molecule has 0 bridgehead atoms. The van der Waals surface area contributed by atoms with Gasteiger partial charge in [0.25, 0.3) is 0 Å². The van der Waals surface area contributed by atoms with Gasteiger partial charge in [0.15, 0.2) is 0 Å². The van der Waals surface area contributed by atoms with E-state index in [1.165, 1.54) is 5.56 Å². The number of ketones is 1. The van der Waals surface area contributed by atoms with Crippen molar-refractivity contribution in [2.24, 2.45) is 0 Å². The van der Waals surface area contributed by atoms with Gasteiger partial charge in [-0.05, 0) is 24.0 Å². The van der Waals surface area contributed by atoms with Crippen LogP contribution in [-0.2, 0) is 4.79 Å². The van der Waals surface area contributed by atoms with Crippen LogP contribution in [0.5, 0.6) is 0 Å². The first-order valence-electron chi connectivity index (χ1n) is 4.85. The Hall–Kier alpha value is -1.37. The zero-order valence-electron chi connectivity index (χ0n) is 8.79. The Morgan fingerprint density at radius 2 is 2.00 bits per heavy atom. The van der Waals surface area contributed by atoms with Crippen molar-refractivity contribution in [3.05, 3.63) is 42.0 Å². The minimum Gasteiger partial charge on any atom is -0.300 e. The van der Waals surface area contributed by atoms with Crippen LogP contribution >= 0.6 is 0 Å². The molecule has 74 valence electrons. The quantitative estimate of drug-likeness (QED) is 0.707. The number of benzene rings is 1. The predicted octanol–water partition coefficient (Wildman–Crippen LogP) is 3.41. The van der Waals surface area contributed by atoms with Gasteiger partial charge in [0.1, 0.15) is 5.78 Å². The molecule has 1 atom stereocenters. The molecule has 14 heavy (non-hydrogen) atoms. The molecule has 0 fully saturated rings. The summed E-state index contributed by atoms with van der Waals surface area (Å²) >= 11 is 0. The van der Waals surface area contributed by atoms with Crippen LogP contribution in [0.15, 0.2) is 30.8 Å². The van der Waals surface area contributed by atoms with Crippen LogP contribution in [0.2, 0.25) is 0 Å². The van der Waals surface area contributed by atoms with Crippen molar-refractivity contribution in [3.8, 4) is 0 Å². The van der Waals surface area contributed by atoms with Crippen LogP contribution in [0.25, 0.3) is 6.08 Å². The summed E-state index contributed by atoms with van der Waals surface area (Å²) in [6.07, 6.45) is 2.44. The zero-order valence-corrected chi connectivity index (χ0v) is 8.79. The van der Waals surface area contributed by atoms with Gasteiger partial charge in [-0.15, -0.1) is 0 Å². The van der Waals surface area contributed by atoms with E-state index in [-0.39, 0.29) is 5.78 Å². The van der Waals surface area contributed by atoms with Crippen LogP contribution < -0.4 is 0 Å². The molecule has 1 aromatic rings. The molecule has 0 spiro atoms. The second kappa shape index (κ2) is 4.75. The van der Waals surface area contributed by atoms with Gasteiger partial charge in [-0.25, -0.2) is 0 Å². The molecule has 0 saturated carbocycles. The monoisotopic (exact) mass is 188 g/mol. The highest BCUT2D eigenvalue weighted by Crippen LogP contribution is 2.19. The maximum atomic E-state index is 10.9. The van der Waals surface area contributed by atoms with Crippen LogP contribution in [0.1, 0.15) is 37.3 Å². The van der Waals surface area contributed by atoms with Gasteiger partial charge in [0.2, 0.25) is 0 Å². The molecule has 0 amide bonds. The topological polar surface area (TPSA) is 17.1 Å². The van der Waals surface area contributed by atoms with E-state index in [4.69, 9.17) is 0 Å². The van der Waals surface area contributed by atoms with Gasteiger partial charge in [-0.3, -0.25) is 0 Å². The fourth-order valence-corrected chi connectivity index (χ4v) is 1.51. The minimum atomic E-state index is 0.241. The highest BCUT2D eigenvalue weighted by atomic mass is 16.1. The molecule has 1 nitrogen and oxygen atoms in total. The summed E-state index contributed by atoms with van der Waals surface area (Å²) in [4.78, 5) is 10.9. The number of hydrogen-bond acceptors (Lipinski definition) is 1. The van der Waals surface area contributed by atoms with Crippen LogP contribution in [0.3, 0.4) is 0 Å². The standard InChI is InChI=1S/C13H16O/c1-4-12-5-7-13(8-6-12)10(2)9-11(3)14/h4-8,10H,1,9H2,2-3H3. The number of hydrogen-bond donors (Lipinski definition) is 0. The highest BCUT2D eigenvalue weighted by Gasteiger charge is 2.07. The number of carbonyl (C=O) groups excluding carboxylic acids is 1. The van der Waals surface area contributed by atoms with E-state index in [1.54, 1.807) is 6.92 Å². The lowest BCUT2D eigenvalue weighted by Crippen LogP contribution is -1.99. The summed E-state index contributed by atoms with van der Waals surface area (Å²) in [6.45, 7) is 7.41. The Balaban J connectivity index is 2.75.